The molecule has 0 fully saturated rings. The van der Waals surface area contributed by atoms with Crippen LogP contribution in [0.1, 0.15) is 35.6 Å². The summed E-state index contributed by atoms with van der Waals surface area (Å²) in [7, 11) is 2.33. The van der Waals surface area contributed by atoms with Crippen molar-refractivity contribution in [2.45, 2.75) is 27.7 Å². The number of hydrogen-bond donors (Lipinski definition) is 1. The maximum atomic E-state index is 13.2. The standard InChI is InChI=1S/C26H27BrN2O7/c1-13-11-19(16(4)29(13)18-9-7-17(27)8-10-18)20(30)12-36-26(33)23-21(24(31)34-5)14(2)28-15(3)22(23)25(32)35-6/h7-11,23,28H,12H2,1-6H3. The van der Waals surface area contributed by atoms with Crippen molar-refractivity contribution in [2.75, 3.05) is 20.8 Å². The largest absolute Gasteiger partial charge is 0.466 e. The van der Waals surface area contributed by atoms with Crippen molar-refractivity contribution in [1.82, 2.24) is 9.88 Å². The molecule has 0 unspecified atom stereocenters. The highest BCUT2D eigenvalue weighted by Gasteiger charge is 2.42. The van der Waals surface area contributed by atoms with E-state index in [2.05, 4.69) is 21.2 Å². The molecular weight excluding hydrogens is 532 g/mol. The summed E-state index contributed by atoms with van der Waals surface area (Å²) in [5, 5.41) is 2.90. The van der Waals surface area contributed by atoms with Crippen molar-refractivity contribution in [3.63, 3.8) is 0 Å². The first kappa shape index (κ1) is 26.9. The predicted molar refractivity (Wildman–Crippen MR) is 134 cm³/mol. The van der Waals surface area contributed by atoms with Gasteiger partial charge in [0.2, 0.25) is 5.78 Å². The van der Waals surface area contributed by atoms with Crippen LogP contribution in [0.4, 0.5) is 0 Å². The SMILES string of the molecule is COC(=O)C1=C(C)NC(C)=C(C(=O)OC)C1C(=O)OCC(=O)c1cc(C)n(-c2ccc(Br)cc2)c1C. The number of Topliss-reactive ketones (excluding diaryl/α,β-unsaturated/α-hetero) is 1. The molecule has 1 aliphatic heterocycles. The molecule has 0 atom stereocenters. The summed E-state index contributed by atoms with van der Waals surface area (Å²) in [5.74, 6) is -4.38. The lowest BCUT2D eigenvalue weighted by Gasteiger charge is -2.28. The minimum atomic E-state index is -1.41. The molecule has 9 nitrogen and oxygen atoms in total. The first-order valence-electron chi connectivity index (χ1n) is 11.0. The van der Waals surface area contributed by atoms with Crippen molar-refractivity contribution in [3.8, 4) is 5.69 Å². The van der Waals surface area contributed by atoms with Crippen molar-refractivity contribution in [3.05, 3.63) is 74.3 Å². The number of carbonyl (C=O) groups excluding carboxylic acids is 4. The highest BCUT2D eigenvalue weighted by molar-refractivity contribution is 9.10. The zero-order chi connectivity index (χ0) is 26.7. The number of nitrogens with one attached hydrogen (secondary N) is 1. The molecule has 0 amide bonds. The smallest absolute Gasteiger partial charge is 0.336 e. The summed E-state index contributed by atoms with van der Waals surface area (Å²) in [5.41, 5.74) is 3.29. The first-order valence-corrected chi connectivity index (χ1v) is 11.8. The lowest BCUT2D eigenvalue weighted by atomic mass is 9.85. The number of dihydropyridines is 1. The van der Waals surface area contributed by atoms with Crippen LogP contribution in [0.25, 0.3) is 5.69 Å². The van der Waals surface area contributed by atoms with Crippen LogP contribution in [0.2, 0.25) is 0 Å². The molecule has 36 heavy (non-hydrogen) atoms. The van der Waals surface area contributed by atoms with Crippen LogP contribution in [0.15, 0.2) is 57.3 Å². The van der Waals surface area contributed by atoms with Crippen molar-refractivity contribution >= 4 is 39.6 Å². The second-order valence-electron chi connectivity index (χ2n) is 8.25. The fraction of sp³-hybridized carbons (Fsp3) is 0.308. The number of ketones is 1. The molecule has 0 saturated heterocycles. The Hall–Kier alpha value is -3.66. The number of aryl methyl sites for hydroxylation is 1. The average molecular weight is 559 g/mol. The van der Waals surface area contributed by atoms with E-state index in [1.807, 2.05) is 35.8 Å². The highest BCUT2D eigenvalue weighted by Crippen LogP contribution is 2.32. The van der Waals surface area contributed by atoms with Gasteiger partial charge in [0, 0.05) is 38.5 Å². The Balaban J connectivity index is 1.88. The summed E-state index contributed by atoms with van der Waals surface area (Å²) in [6.07, 6.45) is 0. The van der Waals surface area contributed by atoms with E-state index >= 15 is 0 Å². The van der Waals surface area contributed by atoms with Crippen LogP contribution < -0.4 is 5.32 Å². The molecule has 1 aromatic carbocycles. The predicted octanol–water partition coefficient (Wildman–Crippen LogP) is 3.70. The van der Waals surface area contributed by atoms with Gasteiger partial charge in [-0.1, -0.05) is 15.9 Å². The normalized spacial score (nSPS) is 13.9. The molecule has 1 N–H and O–H groups in total. The molecule has 0 saturated carbocycles. The van der Waals surface area contributed by atoms with Gasteiger partial charge < -0.3 is 24.1 Å². The number of rotatable bonds is 7. The number of allylic oxidation sites excluding steroid dienone is 2. The Morgan fingerprint density at radius 2 is 1.44 bits per heavy atom. The maximum Gasteiger partial charge on any atom is 0.336 e. The van der Waals surface area contributed by atoms with Gasteiger partial charge in [0.05, 0.1) is 25.4 Å². The lowest BCUT2D eigenvalue weighted by Crippen LogP contribution is -2.38. The minimum absolute atomic E-state index is 0.0886. The fourth-order valence-corrected chi connectivity index (χ4v) is 4.59. The Kier molecular flexibility index (Phi) is 8.19. The summed E-state index contributed by atoms with van der Waals surface area (Å²) in [6.45, 7) is 6.26. The molecule has 0 radical (unpaired) electrons. The number of methoxy groups -OCH3 is 2. The Labute approximate surface area is 217 Å². The number of aromatic nitrogens is 1. The van der Waals surface area contributed by atoms with Crippen LogP contribution in [-0.4, -0.2) is 49.1 Å². The molecular formula is C26H27BrN2O7. The number of nitrogens with zero attached hydrogens (tertiary/aromatic N) is 1. The van der Waals surface area contributed by atoms with Gasteiger partial charge in [0.25, 0.3) is 0 Å². The second-order valence-corrected chi connectivity index (χ2v) is 9.16. The number of hydrogen-bond acceptors (Lipinski definition) is 8. The monoisotopic (exact) mass is 558 g/mol. The summed E-state index contributed by atoms with van der Waals surface area (Å²) < 4.78 is 17.9. The summed E-state index contributed by atoms with van der Waals surface area (Å²) in [4.78, 5) is 51.2. The molecule has 1 aromatic heterocycles. The molecule has 190 valence electrons. The van der Waals surface area contributed by atoms with E-state index < -0.39 is 36.2 Å². The van der Waals surface area contributed by atoms with Crippen molar-refractivity contribution in [2.24, 2.45) is 5.92 Å². The zero-order valence-corrected chi connectivity index (χ0v) is 22.4. The van der Waals surface area contributed by atoms with E-state index in [0.29, 0.717) is 22.7 Å². The molecule has 0 bridgehead atoms. The topological polar surface area (TPSA) is 113 Å². The lowest BCUT2D eigenvalue weighted by molar-refractivity contribution is -0.150. The molecule has 2 aromatic rings. The third kappa shape index (κ3) is 5.13. The van der Waals surface area contributed by atoms with E-state index in [-0.39, 0.29) is 11.1 Å². The van der Waals surface area contributed by atoms with Gasteiger partial charge in [-0.2, -0.15) is 0 Å². The number of halogens is 1. The minimum Gasteiger partial charge on any atom is -0.466 e. The van der Waals surface area contributed by atoms with Crippen LogP contribution in [0.5, 0.6) is 0 Å². The molecule has 0 spiro atoms. The summed E-state index contributed by atoms with van der Waals surface area (Å²) >= 11 is 3.41. The molecule has 10 heteroatoms. The second kappa shape index (κ2) is 10.9. The molecule has 0 aliphatic carbocycles. The first-order chi connectivity index (χ1) is 17.0. The molecule has 3 rings (SSSR count). The van der Waals surface area contributed by atoms with E-state index in [4.69, 9.17) is 14.2 Å². The molecule has 2 heterocycles. The highest BCUT2D eigenvalue weighted by atomic mass is 79.9. The Bertz CT molecular complexity index is 1260. The van der Waals surface area contributed by atoms with Crippen LogP contribution in [0.3, 0.4) is 0 Å². The van der Waals surface area contributed by atoms with Gasteiger partial charge in [-0.15, -0.1) is 0 Å². The van der Waals surface area contributed by atoms with Gasteiger partial charge in [0.1, 0.15) is 5.92 Å². The van der Waals surface area contributed by atoms with Crippen LogP contribution >= 0.6 is 15.9 Å². The third-order valence-electron chi connectivity index (χ3n) is 5.97. The summed E-state index contributed by atoms with van der Waals surface area (Å²) in [6, 6.07) is 9.37. The van der Waals surface area contributed by atoms with Crippen LogP contribution in [-0.2, 0) is 28.6 Å². The van der Waals surface area contributed by atoms with E-state index in [1.165, 1.54) is 14.2 Å². The third-order valence-corrected chi connectivity index (χ3v) is 6.50. The van der Waals surface area contributed by atoms with E-state index in [1.54, 1.807) is 26.8 Å². The van der Waals surface area contributed by atoms with Gasteiger partial charge >= 0.3 is 17.9 Å². The Morgan fingerprint density at radius 3 is 1.94 bits per heavy atom. The number of carbonyl (C=O) groups is 4. The fourth-order valence-electron chi connectivity index (χ4n) is 4.32. The zero-order valence-electron chi connectivity index (χ0n) is 20.9. The Morgan fingerprint density at radius 1 is 0.917 bits per heavy atom. The van der Waals surface area contributed by atoms with Crippen LogP contribution in [0, 0.1) is 19.8 Å². The van der Waals surface area contributed by atoms with Gasteiger partial charge in [0.15, 0.2) is 6.61 Å². The van der Waals surface area contributed by atoms with Gasteiger partial charge in [-0.05, 0) is 58.0 Å². The molecule has 1 aliphatic rings. The van der Waals surface area contributed by atoms with E-state index in [9.17, 15) is 19.2 Å². The van der Waals surface area contributed by atoms with Crippen molar-refractivity contribution in [1.29, 1.82) is 0 Å². The quantitative estimate of drug-likeness (QED) is 0.311. The van der Waals surface area contributed by atoms with Crippen molar-refractivity contribution < 1.29 is 33.4 Å². The maximum absolute atomic E-state index is 13.2. The van der Waals surface area contributed by atoms with Gasteiger partial charge in [-0.25, -0.2) is 9.59 Å². The average Bonchev–Trinajstić information content (AvgIpc) is 3.15. The number of benzene rings is 1. The number of ether oxygens (including phenoxy) is 3. The van der Waals surface area contributed by atoms with E-state index in [0.717, 1.165) is 15.9 Å². The number of esters is 3. The van der Waals surface area contributed by atoms with Gasteiger partial charge in [-0.3, -0.25) is 9.59 Å².